The Morgan fingerprint density at radius 3 is 2.75 bits per heavy atom. The van der Waals surface area contributed by atoms with Crippen LogP contribution in [0.3, 0.4) is 0 Å². The van der Waals surface area contributed by atoms with Gasteiger partial charge in [0.25, 0.3) is 0 Å². The number of fused-ring (bicyclic) bond motifs is 1. The van der Waals surface area contributed by atoms with Crippen LogP contribution in [0.15, 0.2) is 11.4 Å². The first-order valence-electron chi connectivity index (χ1n) is 5.22. The van der Waals surface area contributed by atoms with Crippen molar-refractivity contribution >= 4 is 23.1 Å². The average molecular weight is 238 g/mol. The van der Waals surface area contributed by atoms with E-state index < -0.39 is 17.5 Å². The fourth-order valence-corrected chi connectivity index (χ4v) is 2.67. The summed E-state index contributed by atoms with van der Waals surface area (Å²) in [5.74, 6) is -1.12. The Kier molecular flexibility index (Phi) is 2.62. The number of ketones is 1. The molecule has 0 fully saturated rings. The number of rotatable bonds is 1. The van der Waals surface area contributed by atoms with Crippen LogP contribution in [0.1, 0.15) is 36.0 Å². The van der Waals surface area contributed by atoms with E-state index in [4.69, 9.17) is 4.74 Å². The van der Waals surface area contributed by atoms with Gasteiger partial charge in [0.1, 0.15) is 11.5 Å². The van der Waals surface area contributed by atoms with E-state index in [9.17, 15) is 9.59 Å². The smallest absolute Gasteiger partial charge is 0.317 e. The molecule has 0 radical (unpaired) electrons. The molecule has 1 aliphatic carbocycles. The summed E-state index contributed by atoms with van der Waals surface area (Å²) in [7, 11) is 0. The molecule has 1 aliphatic rings. The summed E-state index contributed by atoms with van der Waals surface area (Å²) in [5.41, 5.74) is 0.161. The molecule has 86 valence electrons. The minimum atomic E-state index is -0.623. The van der Waals surface area contributed by atoms with E-state index in [1.807, 2.05) is 5.38 Å². The van der Waals surface area contributed by atoms with Gasteiger partial charge < -0.3 is 4.74 Å². The van der Waals surface area contributed by atoms with Crippen LogP contribution in [-0.2, 0) is 16.0 Å². The van der Waals surface area contributed by atoms with Crippen molar-refractivity contribution in [1.82, 2.24) is 0 Å². The SMILES string of the molecule is CC(C)(C)OC(=O)C1Cc2sccc2C1=O. The number of esters is 1. The Bertz CT molecular complexity index is 439. The van der Waals surface area contributed by atoms with Crippen molar-refractivity contribution in [2.24, 2.45) is 5.92 Å². The Hall–Kier alpha value is -1.16. The lowest BCUT2D eigenvalue weighted by Crippen LogP contribution is -2.31. The first-order chi connectivity index (χ1) is 7.38. The van der Waals surface area contributed by atoms with Crippen molar-refractivity contribution in [3.8, 4) is 0 Å². The summed E-state index contributed by atoms with van der Waals surface area (Å²) >= 11 is 1.53. The van der Waals surface area contributed by atoms with Crippen molar-refractivity contribution in [2.75, 3.05) is 0 Å². The number of hydrogen-bond donors (Lipinski definition) is 0. The predicted octanol–water partition coefficient (Wildman–Crippen LogP) is 2.44. The summed E-state index contributed by atoms with van der Waals surface area (Å²) < 4.78 is 5.24. The van der Waals surface area contributed by atoms with Gasteiger partial charge in [0.05, 0.1) is 0 Å². The quantitative estimate of drug-likeness (QED) is 0.557. The van der Waals surface area contributed by atoms with Crippen LogP contribution in [0.5, 0.6) is 0 Å². The summed E-state index contributed by atoms with van der Waals surface area (Å²) in [4.78, 5) is 24.7. The van der Waals surface area contributed by atoms with Crippen LogP contribution in [0.25, 0.3) is 0 Å². The fourth-order valence-electron chi connectivity index (χ4n) is 1.75. The molecule has 0 spiro atoms. The zero-order valence-electron chi connectivity index (χ0n) is 9.57. The highest BCUT2D eigenvalue weighted by Crippen LogP contribution is 2.32. The van der Waals surface area contributed by atoms with Gasteiger partial charge in [-0.25, -0.2) is 0 Å². The number of thiophene rings is 1. The molecule has 1 heterocycles. The third kappa shape index (κ3) is 2.02. The number of Topliss-reactive ketones (excluding diaryl/α,β-unsaturated/α-hetero) is 1. The van der Waals surface area contributed by atoms with Gasteiger partial charge in [-0.15, -0.1) is 11.3 Å². The maximum atomic E-state index is 11.9. The molecule has 4 heteroatoms. The lowest BCUT2D eigenvalue weighted by atomic mass is 10.1. The molecule has 0 saturated carbocycles. The van der Waals surface area contributed by atoms with Gasteiger partial charge in [0.2, 0.25) is 0 Å². The van der Waals surface area contributed by atoms with Crippen LogP contribution in [0.2, 0.25) is 0 Å². The third-order valence-electron chi connectivity index (χ3n) is 2.41. The number of carbonyl (C=O) groups is 2. The lowest BCUT2D eigenvalue weighted by Gasteiger charge is -2.21. The van der Waals surface area contributed by atoms with Crippen LogP contribution in [0, 0.1) is 5.92 Å². The first-order valence-corrected chi connectivity index (χ1v) is 6.10. The molecular formula is C12H14O3S. The van der Waals surface area contributed by atoms with E-state index in [2.05, 4.69) is 0 Å². The molecule has 0 saturated heterocycles. The van der Waals surface area contributed by atoms with E-state index in [0.717, 1.165) is 4.88 Å². The highest BCUT2D eigenvalue weighted by Gasteiger charge is 2.39. The average Bonchev–Trinajstić information content (AvgIpc) is 2.66. The van der Waals surface area contributed by atoms with E-state index in [-0.39, 0.29) is 5.78 Å². The van der Waals surface area contributed by atoms with Crippen molar-refractivity contribution < 1.29 is 14.3 Å². The zero-order valence-corrected chi connectivity index (χ0v) is 10.4. The van der Waals surface area contributed by atoms with Gasteiger partial charge in [0.15, 0.2) is 5.78 Å². The molecule has 2 rings (SSSR count). The molecule has 1 aromatic rings. The largest absolute Gasteiger partial charge is 0.459 e. The first kappa shape index (κ1) is 11.3. The second-order valence-corrected chi connectivity index (χ2v) is 5.91. The zero-order chi connectivity index (χ0) is 11.9. The molecule has 1 unspecified atom stereocenters. The summed E-state index contributed by atoms with van der Waals surface area (Å²) in [5, 5.41) is 1.88. The van der Waals surface area contributed by atoms with Crippen LogP contribution in [0.4, 0.5) is 0 Å². The van der Waals surface area contributed by atoms with Gasteiger partial charge in [-0.3, -0.25) is 9.59 Å². The molecule has 1 aromatic heterocycles. The molecule has 0 bridgehead atoms. The Balaban J connectivity index is 2.12. The third-order valence-corrected chi connectivity index (χ3v) is 3.35. The molecular weight excluding hydrogens is 224 g/mol. The number of carbonyl (C=O) groups excluding carboxylic acids is 2. The molecule has 0 N–H and O–H groups in total. The second kappa shape index (κ2) is 3.70. The minimum absolute atomic E-state index is 0.0921. The van der Waals surface area contributed by atoms with E-state index >= 15 is 0 Å². The minimum Gasteiger partial charge on any atom is -0.459 e. The highest BCUT2D eigenvalue weighted by atomic mass is 32.1. The van der Waals surface area contributed by atoms with Gasteiger partial charge in [-0.2, -0.15) is 0 Å². The van der Waals surface area contributed by atoms with Gasteiger partial charge in [0, 0.05) is 16.9 Å². The summed E-state index contributed by atoms with van der Waals surface area (Å²) in [6.45, 7) is 5.42. The van der Waals surface area contributed by atoms with Crippen LogP contribution in [-0.4, -0.2) is 17.4 Å². The molecule has 16 heavy (non-hydrogen) atoms. The highest BCUT2D eigenvalue weighted by molar-refractivity contribution is 7.10. The number of ether oxygens (including phenoxy) is 1. The maximum absolute atomic E-state index is 11.9. The standard InChI is InChI=1S/C12H14O3S/c1-12(2,3)15-11(14)8-6-9-7(10(8)13)4-5-16-9/h4-5,8H,6H2,1-3H3. The summed E-state index contributed by atoms with van der Waals surface area (Å²) in [6.07, 6.45) is 0.501. The van der Waals surface area contributed by atoms with Gasteiger partial charge in [-0.05, 0) is 32.2 Å². The maximum Gasteiger partial charge on any atom is 0.317 e. The summed E-state index contributed by atoms with van der Waals surface area (Å²) in [6, 6.07) is 1.78. The fraction of sp³-hybridized carbons (Fsp3) is 0.500. The Labute approximate surface area is 98.4 Å². The van der Waals surface area contributed by atoms with E-state index in [0.29, 0.717) is 12.0 Å². The Morgan fingerprint density at radius 2 is 2.19 bits per heavy atom. The second-order valence-electron chi connectivity index (χ2n) is 4.91. The Morgan fingerprint density at radius 1 is 1.50 bits per heavy atom. The lowest BCUT2D eigenvalue weighted by molar-refractivity contribution is -0.157. The van der Waals surface area contributed by atoms with E-state index in [1.165, 1.54) is 11.3 Å². The monoisotopic (exact) mass is 238 g/mol. The van der Waals surface area contributed by atoms with Crippen LogP contribution >= 0.6 is 11.3 Å². The van der Waals surface area contributed by atoms with Gasteiger partial charge >= 0.3 is 5.97 Å². The topological polar surface area (TPSA) is 43.4 Å². The molecule has 0 amide bonds. The molecule has 1 atom stereocenters. The van der Waals surface area contributed by atoms with Crippen LogP contribution < -0.4 is 0 Å². The van der Waals surface area contributed by atoms with E-state index in [1.54, 1.807) is 26.8 Å². The van der Waals surface area contributed by atoms with Crippen molar-refractivity contribution in [2.45, 2.75) is 32.8 Å². The normalized spacial score (nSPS) is 19.7. The number of hydrogen-bond acceptors (Lipinski definition) is 4. The van der Waals surface area contributed by atoms with Crippen molar-refractivity contribution in [1.29, 1.82) is 0 Å². The molecule has 0 aliphatic heterocycles. The molecule has 0 aromatic carbocycles. The van der Waals surface area contributed by atoms with Crippen molar-refractivity contribution in [3.05, 3.63) is 21.9 Å². The molecule has 3 nitrogen and oxygen atoms in total. The van der Waals surface area contributed by atoms with Crippen molar-refractivity contribution in [3.63, 3.8) is 0 Å². The van der Waals surface area contributed by atoms with Gasteiger partial charge in [-0.1, -0.05) is 0 Å². The predicted molar refractivity (Wildman–Crippen MR) is 61.7 cm³/mol.